The van der Waals surface area contributed by atoms with E-state index in [4.69, 9.17) is 16.3 Å². The zero-order valence-electron chi connectivity index (χ0n) is 13.2. The maximum atomic E-state index is 12.6. The van der Waals surface area contributed by atoms with E-state index in [-0.39, 0.29) is 5.97 Å². The van der Waals surface area contributed by atoms with Gasteiger partial charge in [0.15, 0.2) is 0 Å². The minimum Gasteiger partial charge on any atom is -0.426 e. The Bertz CT molecular complexity index is 845. The molecular formula is C17H15ClN4O2. The van der Waals surface area contributed by atoms with E-state index in [1.807, 2.05) is 12.1 Å². The molecule has 0 aliphatic heterocycles. The molecule has 0 unspecified atom stereocenters. The predicted octanol–water partition coefficient (Wildman–Crippen LogP) is 3.20. The molecule has 3 rings (SSSR count). The Labute approximate surface area is 144 Å². The van der Waals surface area contributed by atoms with E-state index in [2.05, 4.69) is 15.5 Å². The van der Waals surface area contributed by atoms with Crippen LogP contribution in [0.25, 0.3) is 5.69 Å². The molecule has 24 heavy (non-hydrogen) atoms. The van der Waals surface area contributed by atoms with Gasteiger partial charge in [0.25, 0.3) is 0 Å². The third kappa shape index (κ3) is 3.28. The lowest BCUT2D eigenvalue weighted by atomic mass is 9.85. The number of esters is 1. The number of carbonyl (C=O) groups is 1. The molecule has 7 heteroatoms. The van der Waals surface area contributed by atoms with Crippen LogP contribution in [0, 0.1) is 0 Å². The van der Waals surface area contributed by atoms with Gasteiger partial charge in [-0.1, -0.05) is 23.7 Å². The molecule has 0 aliphatic rings. The van der Waals surface area contributed by atoms with Crippen LogP contribution in [0.4, 0.5) is 0 Å². The fraction of sp³-hybridized carbons (Fsp3) is 0.176. The van der Waals surface area contributed by atoms with Gasteiger partial charge >= 0.3 is 5.97 Å². The lowest BCUT2D eigenvalue weighted by molar-refractivity contribution is -0.139. The van der Waals surface area contributed by atoms with Crippen molar-refractivity contribution in [3.05, 3.63) is 65.4 Å². The molecule has 6 nitrogen and oxygen atoms in total. The number of aromatic nitrogens is 4. The molecule has 0 aliphatic carbocycles. The average molecular weight is 343 g/mol. The molecule has 0 amide bonds. The van der Waals surface area contributed by atoms with Gasteiger partial charge in [-0.2, -0.15) is 0 Å². The summed E-state index contributed by atoms with van der Waals surface area (Å²) in [6.07, 6.45) is 1.49. The summed E-state index contributed by atoms with van der Waals surface area (Å²) < 4.78 is 7.02. The number of rotatable bonds is 4. The lowest BCUT2D eigenvalue weighted by Gasteiger charge is -2.23. The fourth-order valence-electron chi connectivity index (χ4n) is 2.18. The second-order valence-corrected chi connectivity index (χ2v) is 6.21. The number of halogens is 1. The van der Waals surface area contributed by atoms with Crippen molar-refractivity contribution in [1.29, 1.82) is 0 Å². The van der Waals surface area contributed by atoms with Crippen molar-refractivity contribution in [1.82, 2.24) is 20.2 Å². The molecule has 0 spiro atoms. The topological polar surface area (TPSA) is 69.9 Å². The quantitative estimate of drug-likeness (QED) is 0.538. The standard InChI is InChI=1S/C17H15ClN4O2/c1-17(2,12-4-3-5-13(18)10-12)16(23)24-15-8-6-14(7-9-15)22-11-19-20-21-22/h3-11H,1-2H3. The summed E-state index contributed by atoms with van der Waals surface area (Å²) in [5.74, 6) is 0.0897. The number of tetrazole rings is 1. The van der Waals surface area contributed by atoms with Crippen LogP contribution in [-0.2, 0) is 10.2 Å². The van der Waals surface area contributed by atoms with E-state index in [1.165, 1.54) is 11.0 Å². The molecule has 1 heterocycles. The van der Waals surface area contributed by atoms with Gasteiger partial charge in [-0.15, -0.1) is 5.10 Å². The molecule has 0 saturated carbocycles. The normalized spacial score (nSPS) is 11.3. The Kier molecular flexibility index (Phi) is 4.31. The molecule has 1 aromatic heterocycles. The van der Waals surface area contributed by atoms with Crippen LogP contribution >= 0.6 is 11.6 Å². The Morgan fingerprint density at radius 2 is 1.92 bits per heavy atom. The highest BCUT2D eigenvalue weighted by atomic mass is 35.5. The second kappa shape index (κ2) is 6.41. The van der Waals surface area contributed by atoms with Crippen LogP contribution < -0.4 is 4.74 Å². The minimum absolute atomic E-state index is 0.361. The van der Waals surface area contributed by atoms with Crippen molar-refractivity contribution >= 4 is 17.6 Å². The summed E-state index contributed by atoms with van der Waals surface area (Å²) in [6.45, 7) is 3.60. The predicted molar refractivity (Wildman–Crippen MR) is 89.3 cm³/mol. The highest BCUT2D eigenvalue weighted by molar-refractivity contribution is 6.30. The van der Waals surface area contributed by atoms with Gasteiger partial charge in [-0.25, -0.2) is 4.68 Å². The van der Waals surface area contributed by atoms with E-state index in [1.54, 1.807) is 50.2 Å². The van der Waals surface area contributed by atoms with Crippen molar-refractivity contribution in [2.45, 2.75) is 19.3 Å². The zero-order chi connectivity index (χ0) is 17.2. The molecular weight excluding hydrogens is 328 g/mol. The smallest absolute Gasteiger partial charge is 0.321 e. The van der Waals surface area contributed by atoms with E-state index in [0.29, 0.717) is 10.8 Å². The summed E-state index contributed by atoms with van der Waals surface area (Å²) in [4.78, 5) is 12.6. The van der Waals surface area contributed by atoms with Gasteiger partial charge in [0.2, 0.25) is 0 Å². The fourth-order valence-corrected chi connectivity index (χ4v) is 2.37. The molecule has 0 N–H and O–H groups in total. The van der Waals surface area contributed by atoms with Crippen LogP contribution in [0.3, 0.4) is 0 Å². The van der Waals surface area contributed by atoms with Crippen LogP contribution in [0.5, 0.6) is 5.75 Å². The number of nitrogens with zero attached hydrogens (tertiary/aromatic N) is 4. The second-order valence-electron chi connectivity index (χ2n) is 5.77. The van der Waals surface area contributed by atoms with Gasteiger partial charge in [0.1, 0.15) is 12.1 Å². The third-order valence-corrected chi connectivity index (χ3v) is 3.95. The first-order chi connectivity index (χ1) is 11.5. The molecule has 0 saturated heterocycles. The van der Waals surface area contributed by atoms with Crippen molar-refractivity contribution < 1.29 is 9.53 Å². The van der Waals surface area contributed by atoms with Crippen LogP contribution in [0.1, 0.15) is 19.4 Å². The average Bonchev–Trinajstić information content (AvgIpc) is 3.10. The van der Waals surface area contributed by atoms with E-state index in [0.717, 1.165) is 11.3 Å². The monoisotopic (exact) mass is 342 g/mol. The Hall–Kier alpha value is -2.73. The maximum Gasteiger partial charge on any atom is 0.321 e. The maximum absolute atomic E-state index is 12.6. The molecule has 0 fully saturated rings. The zero-order valence-corrected chi connectivity index (χ0v) is 13.9. The summed E-state index contributed by atoms with van der Waals surface area (Å²) in [6, 6.07) is 14.1. The summed E-state index contributed by atoms with van der Waals surface area (Å²) in [5, 5.41) is 11.5. The van der Waals surface area contributed by atoms with Gasteiger partial charge in [-0.05, 0) is 66.2 Å². The molecule has 2 aromatic carbocycles. The Balaban J connectivity index is 1.76. The SMILES string of the molecule is CC(C)(C(=O)Oc1ccc(-n2cnnn2)cc1)c1cccc(Cl)c1. The summed E-state index contributed by atoms with van der Waals surface area (Å²) in [5.41, 5.74) is 0.749. The van der Waals surface area contributed by atoms with Crippen molar-refractivity contribution in [3.8, 4) is 11.4 Å². The summed E-state index contributed by atoms with van der Waals surface area (Å²) >= 11 is 6.01. The molecule has 0 radical (unpaired) electrons. The van der Waals surface area contributed by atoms with E-state index < -0.39 is 5.41 Å². The number of carbonyl (C=O) groups excluding carboxylic acids is 1. The van der Waals surface area contributed by atoms with Crippen molar-refractivity contribution in [2.24, 2.45) is 0 Å². The summed E-state index contributed by atoms with van der Waals surface area (Å²) in [7, 11) is 0. The lowest BCUT2D eigenvalue weighted by Crippen LogP contribution is -2.33. The van der Waals surface area contributed by atoms with Gasteiger partial charge in [0, 0.05) is 5.02 Å². The molecule has 3 aromatic rings. The first-order valence-corrected chi connectivity index (χ1v) is 7.66. The first-order valence-electron chi connectivity index (χ1n) is 7.28. The Morgan fingerprint density at radius 3 is 2.54 bits per heavy atom. The van der Waals surface area contributed by atoms with Gasteiger partial charge in [0.05, 0.1) is 11.1 Å². The van der Waals surface area contributed by atoms with Crippen molar-refractivity contribution in [3.63, 3.8) is 0 Å². The highest BCUT2D eigenvalue weighted by Crippen LogP contribution is 2.28. The molecule has 0 atom stereocenters. The van der Waals surface area contributed by atoms with Gasteiger partial charge < -0.3 is 4.74 Å². The van der Waals surface area contributed by atoms with Crippen LogP contribution in [0.2, 0.25) is 5.02 Å². The number of benzene rings is 2. The van der Waals surface area contributed by atoms with E-state index >= 15 is 0 Å². The first kappa shape index (κ1) is 16.1. The van der Waals surface area contributed by atoms with Crippen LogP contribution in [0.15, 0.2) is 54.9 Å². The third-order valence-electron chi connectivity index (χ3n) is 3.72. The highest BCUT2D eigenvalue weighted by Gasteiger charge is 2.32. The number of ether oxygens (including phenoxy) is 1. The Morgan fingerprint density at radius 1 is 1.17 bits per heavy atom. The molecule has 122 valence electrons. The van der Waals surface area contributed by atoms with Crippen LogP contribution in [-0.4, -0.2) is 26.2 Å². The largest absolute Gasteiger partial charge is 0.426 e. The molecule has 0 bridgehead atoms. The minimum atomic E-state index is -0.820. The van der Waals surface area contributed by atoms with Gasteiger partial charge in [-0.3, -0.25) is 4.79 Å². The number of hydrogen-bond acceptors (Lipinski definition) is 5. The number of hydrogen-bond donors (Lipinski definition) is 0. The van der Waals surface area contributed by atoms with Crippen molar-refractivity contribution in [2.75, 3.05) is 0 Å². The van der Waals surface area contributed by atoms with E-state index in [9.17, 15) is 4.79 Å².